The number of amides is 1. The average molecular weight is 511 g/mol. The van der Waals surface area contributed by atoms with E-state index in [9.17, 15) is 13.2 Å². The van der Waals surface area contributed by atoms with Crippen LogP contribution in [0.3, 0.4) is 0 Å². The van der Waals surface area contributed by atoms with Crippen molar-refractivity contribution in [2.45, 2.75) is 44.7 Å². The molecule has 36 heavy (non-hydrogen) atoms. The number of carbonyl (C=O) groups excluding carboxylic acids is 1. The summed E-state index contributed by atoms with van der Waals surface area (Å²) < 4.78 is 33.4. The summed E-state index contributed by atoms with van der Waals surface area (Å²) in [6.45, 7) is 9.38. The van der Waals surface area contributed by atoms with Gasteiger partial charge in [0.1, 0.15) is 11.6 Å². The number of aromatic nitrogens is 3. The average Bonchev–Trinajstić information content (AvgIpc) is 3.11. The Morgan fingerprint density at radius 2 is 1.94 bits per heavy atom. The molecule has 4 rings (SSSR count). The number of nitrogen functional groups attached to an aromatic ring is 1. The van der Waals surface area contributed by atoms with Gasteiger partial charge < -0.3 is 15.4 Å². The van der Waals surface area contributed by atoms with E-state index in [2.05, 4.69) is 45.3 Å². The standard InChI is InChI=1S/C25H30N6O4S/c1-5-35-21-10-9-17(14-27-21)18-13-19(23(28-15-18)31-12-11-16(2)25(31,3)4)24(32)30-36(33,34)22-8-6-7-20(26)29-22/h6-10,13-16H,5,11-12H2,1-4H3,(H2,26,29)(H,30,32). The first kappa shape index (κ1) is 25.4. The molecular formula is C25H30N6O4S. The topological polar surface area (TPSA) is 140 Å². The van der Waals surface area contributed by atoms with Crippen LogP contribution in [0.25, 0.3) is 11.1 Å². The maximum Gasteiger partial charge on any atom is 0.281 e. The second-order valence-corrected chi connectivity index (χ2v) is 10.9. The van der Waals surface area contributed by atoms with Crippen LogP contribution in [0.4, 0.5) is 11.6 Å². The van der Waals surface area contributed by atoms with E-state index in [1.54, 1.807) is 24.5 Å². The molecule has 1 aliphatic rings. The quantitative estimate of drug-likeness (QED) is 0.490. The van der Waals surface area contributed by atoms with Gasteiger partial charge >= 0.3 is 0 Å². The van der Waals surface area contributed by atoms with Crippen LogP contribution in [0.15, 0.2) is 53.8 Å². The largest absolute Gasteiger partial charge is 0.478 e. The Morgan fingerprint density at radius 1 is 1.19 bits per heavy atom. The molecule has 3 aromatic heterocycles. The fourth-order valence-electron chi connectivity index (χ4n) is 4.20. The van der Waals surface area contributed by atoms with Crippen molar-refractivity contribution in [1.82, 2.24) is 19.7 Å². The summed E-state index contributed by atoms with van der Waals surface area (Å²) in [7, 11) is -4.27. The summed E-state index contributed by atoms with van der Waals surface area (Å²) >= 11 is 0. The van der Waals surface area contributed by atoms with Gasteiger partial charge in [-0.25, -0.2) is 19.7 Å². The minimum absolute atomic E-state index is 0.0329. The fraction of sp³-hybridized carbons (Fsp3) is 0.360. The summed E-state index contributed by atoms with van der Waals surface area (Å²) in [5.41, 5.74) is 6.82. The van der Waals surface area contributed by atoms with E-state index < -0.39 is 15.9 Å². The van der Waals surface area contributed by atoms with E-state index in [4.69, 9.17) is 10.5 Å². The molecule has 0 saturated carbocycles. The van der Waals surface area contributed by atoms with E-state index in [0.29, 0.717) is 41.9 Å². The summed E-state index contributed by atoms with van der Waals surface area (Å²) in [6.07, 6.45) is 4.21. The Labute approximate surface area is 211 Å². The van der Waals surface area contributed by atoms with Gasteiger partial charge in [-0.1, -0.05) is 13.0 Å². The van der Waals surface area contributed by atoms with Crippen molar-refractivity contribution >= 4 is 27.6 Å². The van der Waals surface area contributed by atoms with Crippen molar-refractivity contribution in [3.63, 3.8) is 0 Å². The number of hydrogen-bond donors (Lipinski definition) is 2. The molecule has 1 amide bonds. The highest BCUT2D eigenvalue weighted by Gasteiger charge is 2.41. The van der Waals surface area contributed by atoms with Crippen molar-refractivity contribution in [1.29, 1.82) is 0 Å². The molecule has 190 valence electrons. The number of pyridine rings is 3. The van der Waals surface area contributed by atoms with Gasteiger partial charge in [0.05, 0.1) is 12.2 Å². The van der Waals surface area contributed by atoms with Gasteiger partial charge in [0.2, 0.25) is 5.88 Å². The van der Waals surface area contributed by atoms with Crippen LogP contribution < -0.4 is 20.1 Å². The van der Waals surface area contributed by atoms with E-state index in [1.165, 1.54) is 18.2 Å². The Bertz CT molecular complexity index is 1380. The lowest BCUT2D eigenvalue weighted by atomic mass is 9.90. The lowest BCUT2D eigenvalue weighted by Crippen LogP contribution is -2.43. The van der Waals surface area contributed by atoms with Crippen LogP contribution in [-0.4, -0.2) is 48.0 Å². The maximum atomic E-state index is 13.5. The molecule has 0 aliphatic carbocycles. The molecule has 1 unspecified atom stereocenters. The van der Waals surface area contributed by atoms with Gasteiger partial charge in [0.25, 0.3) is 15.9 Å². The zero-order chi connectivity index (χ0) is 26.1. The molecule has 10 nitrogen and oxygen atoms in total. The Balaban J connectivity index is 1.76. The molecule has 0 spiro atoms. The highest BCUT2D eigenvalue weighted by molar-refractivity contribution is 7.90. The van der Waals surface area contributed by atoms with Crippen molar-refractivity contribution in [3.8, 4) is 17.0 Å². The molecule has 11 heteroatoms. The summed E-state index contributed by atoms with van der Waals surface area (Å²) in [6, 6.07) is 9.38. The van der Waals surface area contributed by atoms with Crippen molar-refractivity contribution in [2.24, 2.45) is 5.92 Å². The minimum Gasteiger partial charge on any atom is -0.478 e. The third-order valence-corrected chi connectivity index (χ3v) is 7.90. The Hall–Kier alpha value is -3.73. The predicted octanol–water partition coefficient (Wildman–Crippen LogP) is 3.26. The monoisotopic (exact) mass is 510 g/mol. The first-order chi connectivity index (χ1) is 17.0. The first-order valence-corrected chi connectivity index (χ1v) is 13.2. The third-order valence-electron chi connectivity index (χ3n) is 6.66. The lowest BCUT2D eigenvalue weighted by Gasteiger charge is -2.36. The molecule has 1 fully saturated rings. The summed E-state index contributed by atoms with van der Waals surface area (Å²) in [5, 5.41) is -0.340. The van der Waals surface area contributed by atoms with E-state index >= 15 is 0 Å². The van der Waals surface area contributed by atoms with E-state index in [0.717, 1.165) is 6.42 Å². The number of nitrogens with zero attached hydrogens (tertiary/aromatic N) is 4. The maximum absolute atomic E-state index is 13.5. The van der Waals surface area contributed by atoms with Crippen LogP contribution in [-0.2, 0) is 10.0 Å². The Morgan fingerprint density at radius 3 is 2.56 bits per heavy atom. The first-order valence-electron chi connectivity index (χ1n) is 11.7. The molecule has 0 aromatic carbocycles. The van der Waals surface area contributed by atoms with Gasteiger partial charge in [-0.15, -0.1) is 0 Å². The van der Waals surface area contributed by atoms with E-state index in [1.807, 2.05) is 13.0 Å². The van der Waals surface area contributed by atoms with Gasteiger partial charge in [0, 0.05) is 41.7 Å². The van der Waals surface area contributed by atoms with Crippen LogP contribution >= 0.6 is 0 Å². The summed E-state index contributed by atoms with van der Waals surface area (Å²) in [5.74, 6) is 0.478. The van der Waals surface area contributed by atoms with Crippen molar-refractivity contribution in [3.05, 3.63) is 54.4 Å². The van der Waals surface area contributed by atoms with Crippen LogP contribution in [0, 0.1) is 5.92 Å². The molecule has 3 N–H and O–H groups in total. The third kappa shape index (κ3) is 4.97. The number of ether oxygens (including phenoxy) is 1. The normalized spacial score (nSPS) is 17.1. The second-order valence-electron chi connectivity index (χ2n) is 9.24. The van der Waals surface area contributed by atoms with Crippen molar-refractivity contribution in [2.75, 3.05) is 23.8 Å². The molecule has 1 aliphatic heterocycles. The van der Waals surface area contributed by atoms with Crippen LogP contribution in [0.2, 0.25) is 0 Å². The summed E-state index contributed by atoms with van der Waals surface area (Å²) in [4.78, 5) is 28.3. The minimum atomic E-state index is -4.27. The number of anilines is 2. The number of nitrogens with one attached hydrogen (secondary N) is 1. The highest BCUT2D eigenvalue weighted by Crippen LogP contribution is 2.39. The number of carbonyl (C=O) groups is 1. The number of rotatable bonds is 7. The zero-order valence-electron chi connectivity index (χ0n) is 20.7. The molecule has 4 heterocycles. The molecular weight excluding hydrogens is 480 g/mol. The predicted molar refractivity (Wildman–Crippen MR) is 137 cm³/mol. The van der Waals surface area contributed by atoms with Crippen molar-refractivity contribution < 1.29 is 17.9 Å². The number of nitrogens with two attached hydrogens (primary N) is 1. The van der Waals surface area contributed by atoms with Gasteiger partial charge in [-0.2, -0.15) is 8.42 Å². The van der Waals surface area contributed by atoms with Gasteiger partial charge in [-0.05, 0) is 57.4 Å². The number of sulfonamides is 1. The van der Waals surface area contributed by atoms with E-state index in [-0.39, 0.29) is 21.9 Å². The van der Waals surface area contributed by atoms with Gasteiger partial charge in [-0.3, -0.25) is 4.79 Å². The molecule has 0 radical (unpaired) electrons. The molecule has 3 aromatic rings. The highest BCUT2D eigenvalue weighted by atomic mass is 32.2. The van der Waals surface area contributed by atoms with Gasteiger partial charge in [0.15, 0.2) is 5.03 Å². The SMILES string of the molecule is CCOc1ccc(-c2cnc(N3CCC(C)C3(C)C)c(C(=O)NS(=O)(=O)c3cccc(N)n3)c2)cn1. The smallest absolute Gasteiger partial charge is 0.281 e. The lowest BCUT2D eigenvalue weighted by molar-refractivity contribution is 0.0981. The Kier molecular flexibility index (Phi) is 6.85. The van der Waals surface area contributed by atoms with Crippen LogP contribution in [0.1, 0.15) is 44.5 Å². The fourth-order valence-corrected chi connectivity index (χ4v) is 5.14. The molecule has 0 bridgehead atoms. The number of hydrogen-bond acceptors (Lipinski definition) is 9. The zero-order valence-corrected chi connectivity index (χ0v) is 21.5. The molecule has 1 atom stereocenters. The molecule has 1 saturated heterocycles. The van der Waals surface area contributed by atoms with Crippen LogP contribution in [0.5, 0.6) is 5.88 Å². The second kappa shape index (κ2) is 9.73.